The van der Waals surface area contributed by atoms with Crippen LogP contribution >= 0.6 is 0 Å². The summed E-state index contributed by atoms with van der Waals surface area (Å²) in [5.74, 6) is -0.0375. The predicted molar refractivity (Wildman–Crippen MR) is 134 cm³/mol. The molecule has 1 fully saturated rings. The number of piperazine rings is 1. The van der Waals surface area contributed by atoms with Crippen molar-refractivity contribution in [3.05, 3.63) is 53.2 Å². The van der Waals surface area contributed by atoms with Crippen LogP contribution in [0.2, 0.25) is 0 Å². The number of amides is 1. The highest BCUT2D eigenvalue weighted by Gasteiger charge is 2.24. The Hall–Kier alpha value is -3.52. The lowest BCUT2D eigenvalue weighted by atomic mass is 10.1. The van der Waals surface area contributed by atoms with Crippen LogP contribution < -0.4 is 15.0 Å². The van der Waals surface area contributed by atoms with E-state index in [1.54, 1.807) is 26.2 Å². The second-order valence-corrected chi connectivity index (χ2v) is 8.61. The first kappa shape index (κ1) is 23.6. The van der Waals surface area contributed by atoms with Gasteiger partial charge in [0.25, 0.3) is 0 Å². The Bertz CT molecular complexity index is 1190. The van der Waals surface area contributed by atoms with E-state index in [0.29, 0.717) is 16.8 Å². The van der Waals surface area contributed by atoms with Crippen LogP contribution in [0.25, 0.3) is 10.9 Å². The topological polar surface area (TPSA) is 86.9 Å². The Balaban J connectivity index is 1.46. The van der Waals surface area contributed by atoms with Crippen LogP contribution in [-0.4, -0.2) is 68.2 Å². The molecule has 0 bridgehead atoms. The number of hydrogen-bond acceptors (Lipinski definition) is 6. The van der Waals surface area contributed by atoms with Crippen LogP contribution in [0.3, 0.4) is 0 Å². The number of nitrogens with zero attached hydrogens (tertiary/aromatic N) is 2. The monoisotopic (exact) mass is 464 g/mol. The van der Waals surface area contributed by atoms with E-state index in [0.717, 1.165) is 31.7 Å². The second kappa shape index (κ2) is 10.2. The molecule has 8 heteroatoms. The van der Waals surface area contributed by atoms with Gasteiger partial charge in [-0.3, -0.25) is 9.69 Å². The summed E-state index contributed by atoms with van der Waals surface area (Å²) in [5, 5.41) is 3.65. The van der Waals surface area contributed by atoms with Crippen molar-refractivity contribution in [2.24, 2.45) is 0 Å². The molecule has 3 aromatic rings. The van der Waals surface area contributed by atoms with Gasteiger partial charge < -0.3 is 24.7 Å². The van der Waals surface area contributed by atoms with Gasteiger partial charge in [-0.1, -0.05) is 12.1 Å². The summed E-state index contributed by atoms with van der Waals surface area (Å²) < 4.78 is 10.5. The van der Waals surface area contributed by atoms with Crippen molar-refractivity contribution in [3.63, 3.8) is 0 Å². The molecular weight excluding hydrogens is 432 g/mol. The molecule has 34 heavy (non-hydrogen) atoms. The fraction of sp³-hybridized carbons (Fsp3) is 0.385. The Morgan fingerprint density at radius 1 is 1.06 bits per heavy atom. The van der Waals surface area contributed by atoms with Gasteiger partial charge >= 0.3 is 5.97 Å². The Morgan fingerprint density at radius 3 is 2.53 bits per heavy atom. The van der Waals surface area contributed by atoms with E-state index >= 15 is 0 Å². The minimum atomic E-state index is -0.505. The fourth-order valence-corrected chi connectivity index (χ4v) is 4.37. The van der Waals surface area contributed by atoms with Gasteiger partial charge in [0, 0.05) is 42.8 Å². The number of aromatic nitrogens is 1. The zero-order valence-corrected chi connectivity index (χ0v) is 20.2. The number of nitrogens with one attached hydrogen (secondary N) is 2. The van der Waals surface area contributed by atoms with E-state index in [1.807, 2.05) is 6.07 Å². The molecule has 0 radical (unpaired) electrons. The third-order valence-corrected chi connectivity index (χ3v) is 6.19. The molecule has 1 amide bonds. The summed E-state index contributed by atoms with van der Waals surface area (Å²) in [6, 6.07) is 11.9. The molecule has 0 aliphatic carbocycles. The first-order valence-corrected chi connectivity index (χ1v) is 11.6. The molecular formula is C26H32N4O4. The van der Waals surface area contributed by atoms with Crippen molar-refractivity contribution in [1.29, 1.82) is 0 Å². The highest BCUT2D eigenvalue weighted by atomic mass is 16.5. The number of anilines is 2. The van der Waals surface area contributed by atoms with Crippen LogP contribution in [0, 0.1) is 13.8 Å². The first-order valence-electron chi connectivity index (χ1n) is 11.6. The molecule has 8 nitrogen and oxygen atoms in total. The molecule has 0 saturated carbocycles. The maximum Gasteiger partial charge on any atom is 0.356 e. The maximum atomic E-state index is 13.0. The summed E-state index contributed by atoms with van der Waals surface area (Å²) in [5.41, 5.74) is 5.15. The smallest absolute Gasteiger partial charge is 0.356 e. The lowest BCUT2D eigenvalue weighted by Gasteiger charge is -2.36. The van der Waals surface area contributed by atoms with E-state index in [1.165, 1.54) is 16.8 Å². The normalized spacial score (nSPS) is 14.3. The van der Waals surface area contributed by atoms with Gasteiger partial charge in [0.1, 0.15) is 11.4 Å². The van der Waals surface area contributed by atoms with E-state index in [2.05, 4.69) is 52.1 Å². The molecule has 0 atom stereocenters. The second-order valence-electron chi connectivity index (χ2n) is 8.61. The third kappa shape index (κ3) is 5.02. The van der Waals surface area contributed by atoms with Gasteiger partial charge in [0.2, 0.25) is 5.91 Å². The van der Waals surface area contributed by atoms with E-state index in [4.69, 9.17) is 9.47 Å². The van der Waals surface area contributed by atoms with Crippen molar-refractivity contribution in [1.82, 2.24) is 9.88 Å². The van der Waals surface area contributed by atoms with Crippen LogP contribution in [0.5, 0.6) is 5.75 Å². The predicted octanol–water partition coefficient (Wildman–Crippen LogP) is 3.73. The number of H-pyrrole nitrogens is 1. The summed E-state index contributed by atoms with van der Waals surface area (Å²) in [7, 11) is 1.58. The average Bonchev–Trinajstić information content (AvgIpc) is 3.18. The number of aromatic amines is 1. The molecule has 4 rings (SSSR count). The van der Waals surface area contributed by atoms with Crippen molar-refractivity contribution in [2.45, 2.75) is 20.8 Å². The van der Waals surface area contributed by atoms with Crippen molar-refractivity contribution in [2.75, 3.05) is 56.7 Å². The lowest BCUT2D eigenvalue weighted by molar-refractivity contribution is -0.117. The van der Waals surface area contributed by atoms with Crippen molar-refractivity contribution in [3.8, 4) is 5.75 Å². The highest BCUT2D eigenvalue weighted by Crippen LogP contribution is 2.31. The molecule has 2 aromatic carbocycles. The molecule has 1 aromatic heterocycles. The molecule has 2 N–H and O–H groups in total. The SMILES string of the molecule is CCOC(=O)c1[nH]c2ccc(OC)cc2c1NC(=O)CN1CCN(c2cc(C)ccc2C)CC1. The number of carbonyl (C=O) groups excluding carboxylic acids is 2. The van der Waals surface area contributed by atoms with E-state index in [9.17, 15) is 9.59 Å². The number of rotatable bonds is 7. The Kier molecular flexibility index (Phi) is 7.07. The van der Waals surface area contributed by atoms with Gasteiger partial charge in [-0.15, -0.1) is 0 Å². The van der Waals surface area contributed by atoms with Gasteiger partial charge in [0.15, 0.2) is 0 Å². The quantitative estimate of drug-likeness (QED) is 0.518. The number of methoxy groups -OCH3 is 1. The van der Waals surface area contributed by atoms with Crippen molar-refractivity contribution < 1.29 is 19.1 Å². The molecule has 1 aliphatic heterocycles. The summed E-state index contributed by atoms with van der Waals surface area (Å²) in [4.78, 5) is 33.1. The molecule has 1 aliphatic rings. The van der Waals surface area contributed by atoms with Gasteiger partial charge in [-0.05, 0) is 56.2 Å². The molecule has 180 valence electrons. The highest BCUT2D eigenvalue weighted by molar-refractivity contribution is 6.11. The molecule has 2 heterocycles. The number of aryl methyl sites for hydroxylation is 2. The standard InChI is InChI=1S/C26H32N4O4/c1-5-34-26(32)25-24(20-15-19(33-4)8-9-21(20)27-25)28-23(31)16-29-10-12-30(13-11-29)22-14-17(2)6-7-18(22)3/h6-9,14-15,27H,5,10-13,16H2,1-4H3,(H,28,31). The number of esters is 1. The summed E-state index contributed by atoms with van der Waals surface area (Å²) >= 11 is 0. The van der Waals surface area contributed by atoms with Crippen LogP contribution in [0.4, 0.5) is 11.4 Å². The third-order valence-electron chi connectivity index (χ3n) is 6.19. The minimum absolute atomic E-state index is 0.172. The van der Waals surface area contributed by atoms with Gasteiger partial charge in [-0.25, -0.2) is 4.79 Å². The van der Waals surface area contributed by atoms with Gasteiger partial charge in [0.05, 0.1) is 25.9 Å². The Labute approximate surface area is 199 Å². The average molecular weight is 465 g/mol. The van der Waals surface area contributed by atoms with Crippen molar-refractivity contribution >= 4 is 34.2 Å². The van der Waals surface area contributed by atoms with Gasteiger partial charge in [-0.2, -0.15) is 0 Å². The number of fused-ring (bicyclic) bond motifs is 1. The zero-order chi connectivity index (χ0) is 24.2. The van der Waals surface area contributed by atoms with E-state index < -0.39 is 5.97 Å². The molecule has 0 unspecified atom stereocenters. The lowest BCUT2D eigenvalue weighted by Crippen LogP contribution is -2.48. The number of ether oxygens (including phenoxy) is 2. The summed E-state index contributed by atoms with van der Waals surface area (Å²) in [6.45, 7) is 9.77. The number of hydrogen-bond donors (Lipinski definition) is 2. The van der Waals surface area contributed by atoms with Crippen LogP contribution in [0.1, 0.15) is 28.5 Å². The van der Waals surface area contributed by atoms with E-state index in [-0.39, 0.29) is 24.8 Å². The first-order chi connectivity index (χ1) is 16.4. The number of benzene rings is 2. The van der Waals surface area contributed by atoms with Crippen LogP contribution in [-0.2, 0) is 9.53 Å². The maximum absolute atomic E-state index is 13.0. The minimum Gasteiger partial charge on any atom is -0.497 e. The Morgan fingerprint density at radius 2 is 1.82 bits per heavy atom. The zero-order valence-electron chi connectivity index (χ0n) is 20.2. The molecule has 1 saturated heterocycles. The largest absolute Gasteiger partial charge is 0.497 e. The fourth-order valence-electron chi connectivity index (χ4n) is 4.37. The van der Waals surface area contributed by atoms with Crippen LogP contribution in [0.15, 0.2) is 36.4 Å². The molecule has 0 spiro atoms. The number of carbonyl (C=O) groups is 2. The summed E-state index contributed by atoms with van der Waals surface area (Å²) in [6.07, 6.45) is 0.